The van der Waals surface area contributed by atoms with Crippen LogP contribution >= 0.6 is 0 Å². The maximum absolute atomic E-state index is 15.2. The number of pyridine rings is 2. The zero-order valence-corrected chi connectivity index (χ0v) is 23.3. The van der Waals surface area contributed by atoms with Crippen LogP contribution in [0.5, 0.6) is 0 Å². The Hall–Kier alpha value is -3.09. The molecule has 0 saturated carbocycles. The fourth-order valence-electron chi connectivity index (χ4n) is 5.11. The second-order valence-electron chi connectivity index (χ2n) is 10.0. The van der Waals surface area contributed by atoms with Crippen LogP contribution in [0.3, 0.4) is 0 Å². The molecule has 0 amide bonds. The average molecular weight is 561 g/mol. The fraction of sp³-hybridized carbons (Fsp3) is 0.481. The Balaban J connectivity index is 1.49. The molecule has 2 aliphatic rings. The molecule has 2 aromatic heterocycles. The summed E-state index contributed by atoms with van der Waals surface area (Å²) in [4.78, 5) is 13.2. The third-order valence-corrected chi connectivity index (χ3v) is 10.0. The lowest BCUT2D eigenvalue weighted by atomic mass is 10.1. The third-order valence-electron chi connectivity index (χ3n) is 7.57. The summed E-state index contributed by atoms with van der Waals surface area (Å²) in [6.07, 6.45) is 3.99. The summed E-state index contributed by atoms with van der Waals surface area (Å²) in [5.41, 5.74) is 2.92. The minimum Gasteiger partial charge on any atom is -0.378 e. The standard InChI is InChI=1S/C27H34F2N6O3S/c1-4-18(2)39(36,37)35-7-5-34(6-8-35)27-19(3)26(25-23(29)13-20(28)14-24(25)32-27)31-21-15-22(17-30-16-21)33-9-11-38-12-10-33/h13-18H,4-12H2,1-3H3,(H,31,32). The SMILES string of the molecule is CCC(C)S(=O)(=O)N1CCN(c2nc3cc(F)cc(F)c3c(Nc3cncc(N4CCOCC4)c3)c2C)CC1. The molecule has 0 spiro atoms. The van der Waals surface area contributed by atoms with Crippen LogP contribution in [0.25, 0.3) is 10.9 Å². The van der Waals surface area contributed by atoms with Gasteiger partial charge in [-0.25, -0.2) is 22.2 Å². The van der Waals surface area contributed by atoms with Crippen molar-refractivity contribution in [1.82, 2.24) is 14.3 Å². The first kappa shape index (κ1) is 27.5. The van der Waals surface area contributed by atoms with Crippen molar-refractivity contribution in [3.8, 4) is 0 Å². The van der Waals surface area contributed by atoms with E-state index < -0.39 is 26.9 Å². The lowest BCUT2D eigenvalue weighted by Crippen LogP contribution is -2.51. The van der Waals surface area contributed by atoms with Crippen molar-refractivity contribution < 1.29 is 21.9 Å². The summed E-state index contributed by atoms with van der Waals surface area (Å²) in [5.74, 6) is -0.863. The number of anilines is 4. The Morgan fingerprint density at radius 1 is 1.03 bits per heavy atom. The number of piperazine rings is 1. The predicted molar refractivity (Wildman–Crippen MR) is 149 cm³/mol. The molecule has 2 saturated heterocycles. The topological polar surface area (TPSA) is 90.9 Å². The molecule has 1 unspecified atom stereocenters. The highest BCUT2D eigenvalue weighted by Gasteiger charge is 2.32. The van der Waals surface area contributed by atoms with Crippen LogP contribution in [0.2, 0.25) is 0 Å². The monoisotopic (exact) mass is 560 g/mol. The van der Waals surface area contributed by atoms with E-state index in [9.17, 15) is 12.8 Å². The van der Waals surface area contributed by atoms with E-state index in [-0.39, 0.29) is 10.9 Å². The lowest BCUT2D eigenvalue weighted by Gasteiger charge is -2.37. The Bertz CT molecular complexity index is 1460. The van der Waals surface area contributed by atoms with E-state index in [1.165, 1.54) is 10.4 Å². The summed E-state index contributed by atoms with van der Waals surface area (Å²) in [7, 11) is -3.38. The number of nitrogens with one attached hydrogen (secondary N) is 1. The first-order chi connectivity index (χ1) is 18.7. The summed E-state index contributed by atoms with van der Waals surface area (Å²) in [5, 5.41) is 3.07. The Kier molecular flexibility index (Phi) is 7.88. The van der Waals surface area contributed by atoms with E-state index >= 15 is 4.39 Å². The number of benzene rings is 1. The van der Waals surface area contributed by atoms with Gasteiger partial charge >= 0.3 is 0 Å². The zero-order chi connectivity index (χ0) is 27.7. The highest BCUT2D eigenvalue weighted by molar-refractivity contribution is 7.89. The number of aromatic nitrogens is 2. The molecule has 0 aliphatic carbocycles. The molecule has 2 fully saturated rings. The van der Waals surface area contributed by atoms with E-state index in [4.69, 9.17) is 4.74 Å². The van der Waals surface area contributed by atoms with Crippen LogP contribution in [-0.2, 0) is 14.8 Å². The molecule has 0 bridgehead atoms. The highest BCUT2D eigenvalue weighted by atomic mass is 32.2. The molecule has 1 N–H and O–H groups in total. The highest BCUT2D eigenvalue weighted by Crippen LogP contribution is 2.37. The normalized spacial score (nSPS) is 18.0. The smallest absolute Gasteiger partial charge is 0.216 e. The van der Waals surface area contributed by atoms with Gasteiger partial charge in [-0.3, -0.25) is 4.98 Å². The number of rotatable bonds is 7. The molecule has 1 aromatic carbocycles. The molecular weight excluding hydrogens is 526 g/mol. The number of nitrogens with zero attached hydrogens (tertiary/aromatic N) is 5. The minimum absolute atomic E-state index is 0.183. The first-order valence-corrected chi connectivity index (χ1v) is 14.8. The molecule has 9 nitrogen and oxygen atoms in total. The van der Waals surface area contributed by atoms with Crippen LogP contribution in [0.1, 0.15) is 25.8 Å². The summed E-state index contributed by atoms with van der Waals surface area (Å²) < 4.78 is 62.1. The van der Waals surface area contributed by atoms with Crippen molar-refractivity contribution in [2.24, 2.45) is 0 Å². The number of sulfonamides is 1. The van der Waals surface area contributed by atoms with Crippen LogP contribution in [0.15, 0.2) is 30.6 Å². The fourth-order valence-corrected chi connectivity index (χ4v) is 6.71. The van der Waals surface area contributed by atoms with E-state index in [2.05, 4.69) is 20.2 Å². The van der Waals surface area contributed by atoms with Crippen LogP contribution in [0, 0.1) is 18.6 Å². The van der Waals surface area contributed by atoms with Crippen molar-refractivity contribution in [2.45, 2.75) is 32.4 Å². The van der Waals surface area contributed by atoms with Gasteiger partial charge in [0.15, 0.2) is 0 Å². The molecule has 0 radical (unpaired) electrons. The van der Waals surface area contributed by atoms with Gasteiger partial charge in [-0.05, 0) is 26.3 Å². The van der Waals surface area contributed by atoms with Gasteiger partial charge < -0.3 is 19.9 Å². The first-order valence-electron chi connectivity index (χ1n) is 13.3. The van der Waals surface area contributed by atoms with Crippen molar-refractivity contribution in [3.05, 3.63) is 47.8 Å². The molecule has 1 atom stereocenters. The van der Waals surface area contributed by atoms with Crippen LogP contribution in [0.4, 0.5) is 31.7 Å². The van der Waals surface area contributed by atoms with Gasteiger partial charge in [0, 0.05) is 57.0 Å². The van der Waals surface area contributed by atoms with E-state index in [1.807, 2.05) is 24.8 Å². The molecule has 39 heavy (non-hydrogen) atoms. The Labute approximate surface area is 227 Å². The number of hydrogen-bond donors (Lipinski definition) is 1. The van der Waals surface area contributed by atoms with Gasteiger partial charge in [0.2, 0.25) is 10.0 Å². The van der Waals surface area contributed by atoms with Crippen molar-refractivity contribution >= 4 is 43.8 Å². The largest absolute Gasteiger partial charge is 0.378 e. The van der Waals surface area contributed by atoms with E-state index in [1.54, 1.807) is 19.3 Å². The maximum atomic E-state index is 15.2. The predicted octanol–water partition coefficient (Wildman–Crippen LogP) is 4.05. The second-order valence-corrected chi connectivity index (χ2v) is 12.4. The number of morpholine rings is 1. The summed E-state index contributed by atoms with van der Waals surface area (Å²) in [6, 6.07) is 4.03. The van der Waals surface area contributed by atoms with E-state index in [0.29, 0.717) is 68.6 Å². The quantitative estimate of drug-likeness (QED) is 0.463. The molecule has 12 heteroatoms. The minimum atomic E-state index is -3.38. The zero-order valence-electron chi connectivity index (χ0n) is 22.5. The Morgan fingerprint density at radius 2 is 1.74 bits per heavy atom. The van der Waals surface area contributed by atoms with Gasteiger partial charge in [0.05, 0.1) is 58.8 Å². The van der Waals surface area contributed by atoms with Crippen LogP contribution < -0.4 is 15.1 Å². The molecule has 210 valence electrons. The van der Waals surface area contributed by atoms with Gasteiger partial charge in [-0.2, -0.15) is 4.31 Å². The van der Waals surface area contributed by atoms with Crippen LogP contribution in [-0.4, -0.2) is 80.4 Å². The van der Waals surface area contributed by atoms with Crippen molar-refractivity contribution in [1.29, 1.82) is 0 Å². The number of ether oxygens (including phenoxy) is 1. The maximum Gasteiger partial charge on any atom is 0.216 e. The molecule has 2 aliphatic heterocycles. The van der Waals surface area contributed by atoms with Gasteiger partial charge in [-0.1, -0.05) is 6.92 Å². The summed E-state index contributed by atoms with van der Waals surface area (Å²) >= 11 is 0. The average Bonchev–Trinajstić information content (AvgIpc) is 2.94. The number of halogens is 2. The molecular formula is C27H34F2N6O3S. The van der Waals surface area contributed by atoms with E-state index in [0.717, 1.165) is 24.8 Å². The van der Waals surface area contributed by atoms with Gasteiger partial charge in [0.25, 0.3) is 0 Å². The van der Waals surface area contributed by atoms with Crippen molar-refractivity contribution in [3.63, 3.8) is 0 Å². The van der Waals surface area contributed by atoms with Gasteiger partial charge in [-0.15, -0.1) is 0 Å². The number of hydrogen-bond acceptors (Lipinski definition) is 8. The third kappa shape index (κ3) is 5.50. The second kappa shape index (κ2) is 11.2. The molecule has 5 rings (SSSR count). The summed E-state index contributed by atoms with van der Waals surface area (Å²) in [6.45, 7) is 9.67. The van der Waals surface area contributed by atoms with Gasteiger partial charge in [0.1, 0.15) is 17.5 Å². The molecule has 4 heterocycles. The molecule has 3 aromatic rings. The number of fused-ring (bicyclic) bond motifs is 1. The lowest BCUT2D eigenvalue weighted by molar-refractivity contribution is 0.122. The van der Waals surface area contributed by atoms with Crippen molar-refractivity contribution in [2.75, 3.05) is 67.6 Å². The Morgan fingerprint density at radius 3 is 2.44 bits per heavy atom.